The van der Waals surface area contributed by atoms with E-state index >= 15 is 0 Å². The van der Waals surface area contributed by atoms with E-state index in [1.54, 1.807) is 6.26 Å². The summed E-state index contributed by atoms with van der Waals surface area (Å²) in [6.45, 7) is 4.56. The summed E-state index contributed by atoms with van der Waals surface area (Å²) < 4.78 is 10.9. The monoisotopic (exact) mass is 328 g/mol. The standard InChI is InChI=1S/C19H24N2O3/c22-19(16-24-18-6-2-1-3-7-18)21-13-11-20(12-14-21)10-4-8-17-9-5-15-23-17/h1-3,5-7,9,15H,4,8,10-14,16H2. The fourth-order valence-electron chi connectivity index (χ4n) is 2.91. The van der Waals surface area contributed by atoms with Gasteiger partial charge in [-0.15, -0.1) is 0 Å². The van der Waals surface area contributed by atoms with Gasteiger partial charge in [-0.1, -0.05) is 18.2 Å². The Morgan fingerprint density at radius 2 is 1.83 bits per heavy atom. The van der Waals surface area contributed by atoms with Crippen molar-refractivity contribution in [2.45, 2.75) is 12.8 Å². The van der Waals surface area contributed by atoms with Crippen LogP contribution in [0, 0.1) is 0 Å². The highest BCUT2D eigenvalue weighted by molar-refractivity contribution is 5.77. The average molecular weight is 328 g/mol. The van der Waals surface area contributed by atoms with Crippen molar-refractivity contribution in [2.24, 2.45) is 0 Å². The minimum absolute atomic E-state index is 0.0640. The van der Waals surface area contributed by atoms with Crippen LogP contribution in [0.15, 0.2) is 53.1 Å². The van der Waals surface area contributed by atoms with Crippen LogP contribution < -0.4 is 4.74 Å². The molecule has 0 spiro atoms. The number of hydrogen-bond acceptors (Lipinski definition) is 4. The molecule has 2 heterocycles. The Hall–Kier alpha value is -2.27. The predicted molar refractivity (Wildman–Crippen MR) is 92.0 cm³/mol. The molecule has 0 atom stereocenters. The van der Waals surface area contributed by atoms with E-state index in [4.69, 9.17) is 9.15 Å². The summed E-state index contributed by atoms with van der Waals surface area (Å²) in [4.78, 5) is 16.5. The van der Waals surface area contributed by atoms with Gasteiger partial charge in [0, 0.05) is 32.6 Å². The Balaban J connectivity index is 1.33. The van der Waals surface area contributed by atoms with Gasteiger partial charge in [0.15, 0.2) is 6.61 Å². The van der Waals surface area contributed by atoms with Crippen molar-refractivity contribution < 1.29 is 13.9 Å². The van der Waals surface area contributed by atoms with Crippen molar-refractivity contribution in [1.82, 2.24) is 9.80 Å². The molecule has 1 aliphatic heterocycles. The van der Waals surface area contributed by atoms with Crippen molar-refractivity contribution in [3.63, 3.8) is 0 Å². The van der Waals surface area contributed by atoms with Gasteiger partial charge in [-0.3, -0.25) is 9.69 Å². The smallest absolute Gasteiger partial charge is 0.260 e. The van der Waals surface area contributed by atoms with Crippen LogP contribution in [-0.4, -0.2) is 55.0 Å². The van der Waals surface area contributed by atoms with E-state index in [1.165, 1.54) is 0 Å². The van der Waals surface area contributed by atoms with Gasteiger partial charge in [0.2, 0.25) is 0 Å². The highest BCUT2D eigenvalue weighted by Crippen LogP contribution is 2.10. The van der Waals surface area contributed by atoms with Gasteiger partial charge in [-0.05, 0) is 37.2 Å². The Bertz CT molecular complexity index is 605. The topological polar surface area (TPSA) is 45.9 Å². The molecule has 1 aromatic heterocycles. The molecule has 1 aromatic carbocycles. The molecule has 2 aromatic rings. The van der Waals surface area contributed by atoms with Gasteiger partial charge in [0.1, 0.15) is 11.5 Å². The number of benzene rings is 1. The molecule has 0 aliphatic carbocycles. The molecule has 3 rings (SSSR count). The summed E-state index contributed by atoms with van der Waals surface area (Å²) in [7, 11) is 0. The average Bonchev–Trinajstić information content (AvgIpc) is 3.15. The Kier molecular flexibility index (Phi) is 5.90. The molecule has 0 N–H and O–H groups in total. The third kappa shape index (κ3) is 4.86. The maximum Gasteiger partial charge on any atom is 0.260 e. The third-order valence-electron chi connectivity index (χ3n) is 4.31. The molecule has 5 nitrogen and oxygen atoms in total. The van der Waals surface area contributed by atoms with E-state index in [2.05, 4.69) is 4.90 Å². The second-order valence-electron chi connectivity index (χ2n) is 6.01. The normalized spacial score (nSPS) is 15.4. The number of ether oxygens (including phenoxy) is 1. The van der Waals surface area contributed by atoms with Crippen LogP contribution in [0.5, 0.6) is 5.75 Å². The first kappa shape index (κ1) is 16.6. The van der Waals surface area contributed by atoms with Crippen molar-refractivity contribution in [3.8, 4) is 5.75 Å². The predicted octanol–water partition coefficient (Wildman–Crippen LogP) is 2.44. The second kappa shape index (κ2) is 8.55. The quantitative estimate of drug-likeness (QED) is 0.783. The van der Waals surface area contributed by atoms with Crippen LogP contribution in [0.1, 0.15) is 12.2 Å². The summed E-state index contributed by atoms with van der Waals surface area (Å²) in [5.74, 6) is 1.85. The number of furan rings is 1. The highest BCUT2D eigenvalue weighted by Gasteiger charge is 2.21. The molecule has 128 valence electrons. The van der Waals surface area contributed by atoms with E-state index in [9.17, 15) is 4.79 Å². The fourth-order valence-corrected chi connectivity index (χ4v) is 2.91. The lowest BCUT2D eigenvalue weighted by Crippen LogP contribution is -2.50. The van der Waals surface area contributed by atoms with Gasteiger partial charge in [-0.25, -0.2) is 0 Å². The van der Waals surface area contributed by atoms with Crippen LogP contribution in [0.25, 0.3) is 0 Å². The molecule has 1 amide bonds. The van der Waals surface area contributed by atoms with Crippen LogP contribution >= 0.6 is 0 Å². The number of hydrogen-bond donors (Lipinski definition) is 0. The SMILES string of the molecule is O=C(COc1ccccc1)N1CCN(CCCc2ccco2)CC1. The molecule has 0 radical (unpaired) electrons. The number of nitrogens with zero attached hydrogens (tertiary/aromatic N) is 2. The molecular formula is C19H24N2O3. The zero-order valence-corrected chi connectivity index (χ0v) is 13.9. The minimum atomic E-state index is 0.0640. The van der Waals surface area contributed by atoms with Gasteiger partial charge in [0.25, 0.3) is 5.91 Å². The van der Waals surface area contributed by atoms with Gasteiger partial charge in [0.05, 0.1) is 6.26 Å². The van der Waals surface area contributed by atoms with Gasteiger partial charge >= 0.3 is 0 Å². The molecule has 5 heteroatoms. The zero-order valence-electron chi connectivity index (χ0n) is 13.9. The van der Waals surface area contributed by atoms with Crippen LogP contribution in [0.3, 0.4) is 0 Å². The van der Waals surface area contributed by atoms with Crippen LogP contribution in [0.4, 0.5) is 0 Å². The molecule has 1 fully saturated rings. The lowest BCUT2D eigenvalue weighted by atomic mass is 10.2. The number of carbonyl (C=O) groups is 1. The van der Waals surface area contributed by atoms with Crippen LogP contribution in [0.2, 0.25) is 0 Å². The van der Waals surface area contributed by atoms with Crippen molar-refractivity contribution >= 4 is 5.91 Å². The lowest BCUT2D eigenvalue weighted by molar-refractivity contribution is -0.135. The van der Waals surface area contributed by atoms with Gasteiger partial charge in [-0.2, -0.15) is 0 Å². The summed E-state index contributed by atoms with van der Waals surface area (Å²) in [5, 5.41) is 0. The molecule has 24 heavy (non-hydrogen) atoms. The van der Waals surface area contributed by atoms with Crippen molar-refractivity contribution in [2.75, 3.05) is 39.3 Å². The zero-order chi connectivity index (χ0) is 16.6. The maximum atomic E-state index is 12.2. The third-order valence-corrected chi connectivity index (χ3v) is 4.31. The number of para-hydroxylation sites is 1. The number of aryl methyl sites for hydroxylation is 1. The van der Waals surface area contributed by atoms with E-state index in [1.807, 2.05) is 47.4 Å². The molecule has 0 bridgehead atoms. The summed E-state index contributed by atoms with van der Waals surface area (Å²) in [6, 6.07) is 13.4. The summed E-state index contributed by atoms with van der Waals surface area (Å²) in [6.07, 6.45) is 3.77. The molecule has 1 saturated heterocycles. The van der Waals surface area contributed by atoms with Crippen molar-refractivity contribution in [3.05, 3.63) is 54.5 Å². The number of rotatable bonds is 7. The fraction of sp³-hybridized carbons (Fsp3) is 0.421. The molecule has 1 aliphatic rings. The first-order valence-corrected chi connectivity index (χ1v) is 8.51. The van der Waals surface area contributed by atoms with Crippen LogP contribution in [-0.2, 0) is 11.2 Å². The molecule has 0 unspecified atom stereocenters. The summed E-state index contributed by atoms with van der Waals surface area (Å²) >= 11 is 0. The highest BCUT2D eigenvalue weighted by atomic mass is 16.5. The Labute approximate surface area is 142 Å². The lowest BCUT2D eigenvalue weighted by Gasteiger charge is -2.34. The number of amides is 1. The first-order chi connectivity index (χ1) is 11.8. The Morgan fingerprint density at radius 1 is 1.04 bits per heavy atom. The minimum Gasteiger partial charge on any atom is -0.484 e. The number of piperazine rings is 1. The second-order valence-corrected chi connectivity index (χ2v) is 6.01. The van der Waals surface area contributed by atoms with E-state index in [0.29, 0.717) is 0 Å². The van der Waals surface area contributed by atoms with E-state index in [0.717, 1.165) is 57.1 Å². The largest absolute Gasteiger partial charge is 0.484 e. The van der Waals surface area contributed by atoms with E-state index < -0.39 is 0 Å². The molecular weight excluding hydrogens is 304 g/mol. The van der Waals surface area contributed by atoms with E-state index in [-0.39, 0.29) is 12.5 Å². The summed E-state index contributed by atoms with van der Waals surface area (Å²) in [5.41, 5.74) is 0. The number of carbonyl (C=O) groups excluding carboxylic acids is 1. The molecule has 0 saturated carbocycles. The first-order valence-electron chi connectivity index (χ1n) is 8.51. The Morgan fingerprint density at radius 3 is 2.54 bits per heavy atom. The van der Waals surface area contributed by atoms with Gasteiger partial charge < -0.3 is 14.1 Å². The maximum absolute atomic E-state index is 12.2. The van der Waals surface area contributed by atoms with Crippen molar-refractivity contribution in [1.29, 1.82) is 0 Å².